The fourth-order valence-corrected chi connectivity index (χ4v) is 3.95. The number of esters is 1. The number of alkyl halides is 3. The number of aryl methyl sites for hydroxylation is 2. The van der Waals surface area contributed by atoms with Crippen molar-refractivity contribution in [2.75, 3.05) is 6.61 Å². The number of carbonyl (C=O) groups excluding carboxylic acids is 1. The standard InChI is InChI=1S/C23H24F5NO2/c1-4-31-18(30)10-17(29)20-21(24)15(9-16(22(20)25)23(26,27)28)19-11(2)7-14(8-12(19)3)13-5-6-13/h7-9,13,17H,4-6,10,29H2,1-3H3/t17-/m0/s1. The van der Waals surface area contributed by atoms with E-state index in [1.54, 1.807) is 13.8 Å². The predicted molar refractivity (Wildman–Crippen MR) is 106 cm³/mol. The summed E-state index contributed by atoms with van der Waals surface area (Å²) in [6, 6.07) is 2.51. The molecule has 1 atom stereocenters. The van der Waals surface area contributed by atoms with Crippen molar-refractivity contribution in [2.45, 2.75) is 58.2 Å². The minimum absolute atomic E-state index is 0.0100. The van der Waals surface area contributed by atoms with Gasteiger partial charge in [0.05, 0.1) is 18.6 Å². The van der Waals surface area contributed by atoms with Gasteiger partial charge in [0.1, 0.15) is 11.6 Å². The molecule has 31 heavy (non-hydrogen) atoms. The van der Waals surface area contributed by atoms with Crippen molar-refractivity contribution in [3.05, 3.63) is 57.7 Å². The average Bonchev–Trinajstić information content (AvgIpc) is 3.47. The summed E-state index contributed by atoms with van der Waals surface area (Å²) < 4.78 is 75.7. The van der Waals surface area contributed by atoms with Gasteiger partial charge in [0.2, 0.25) is 0 Å². The first-order valence-electron chi connectivity index (χ1n) is 10.1. The molecule has 1 aliphatic rings. The smallest absolute Gasteiger partial charge is 0.419 e. The van der Waals surface area contributed by atoms with Gasteiger partial charge in [-0.2, -0.15) is 13.2 Å². The Hall–Kier alpha value is -2.48. The van der Waals surface area contributed by atoms with Crippen LogP contribution in [0.25, 0.3) is 11.1 Å². The number of rotatable bonds is 6. The van der Waals surface area contributed by atoms with E-state index in [1.165, 1.54) is 6.92 Å². The van der Waals surface area contributed by atoms with Crippen LogP contribution in [0.15, 0.2) is 18.2 Å². The molecular weight excluding hydrogens is 417 g/mol. The van der Waals surface area contributed by atoms with Crippen molar-refractivity contribution in [3.8, 4) is 11.1 Å². The van der Waals surface area contributed by atoms with Crippen molar-refractivity contribution < 1.29 is 31.5 Å². The van der Waals surface area contributed by atoms with Gasteiger partial charge in [0.25, 0.3) is 0 Å². The third kappa shape index (κ3) is 4.74. The highest BCUT2D eigenvalue weighted by molar-refractivity contribution is 5.75. The van der Waals surface area contributed by atoms with E-state index in [2.05, 4.69) is 0 Å². The summed E-state index contributed by atoms with van der Waals surface area (Å²) in [5.74, 6) is -3.46. The molecular formula is C23H24F5NO2. The van der Waals surface area contributed by atoms with Crippen LogP contribution >= 0.6 is 0 Å². The SMILES string of the molecule is CCOC(=O)C[C@H](N)c1c(F)c(-c2c(C)cc(C3CC3)cc2C)cc(C(F)(F)F)c1F. The Morgan fingerprint density at radius 3 is 2.19 bits per heavy atom. The molecule has 3 rings (SSSR count). The predicted octanol–water partition coefficient (Wildman–Crippen LogP) is 6.10. The first kappa shape index (κ1) is 23.2. The van der Waals surface area contributed by atoms with Gasteiger partial charge in [-0.05, 0) is 67.9 Å². The Bertz CT molecular complexity index is 989. The number of carbonyl (C=O) groups is 1. The molecule has 2 aromatic carbocycles. The second kappa shape index (κ2) is 8.57. The number of hydrogen-bond donors (Lipinski definition) is 1. The lowest BCUT2D eigenvalue weighted by molar-refractivity contribution is -0.143. The van der Waals surface area contributed by atoms with Gasteiger partial charge in [-0.25, -0.2) is 8.78 Å². The second-order valence-electron chi connectivity index (χ2n) is 7.93. The molecule has 0 unspecified atom stereocenters. The van der Waals surface area contributed by atoms with Crippen LogP contribution in [0.2, 0.25) is 0 Å². The van der Waals surface area contributed by atoms with Crippen molar-refractivity contribution in [3.63, 3.8) is 0 Å². The minimum atomic E-state index is -5.07. The fraction of sp³-hybridized carbons (Fsp3) is 0.435. The zero-order chi connectivity index (χ0) is 23.1. The van der Waals surface area contributed by atoms with Gasteiger partial charge < -0.3 is 10.5 Å². The summed E-state index contributed by atoms with van der Waals surface area (Å²) in [5, 5.41) is 0. The highest BCUT2D eigenvalue weighted by Crippen LogP contribution is 2.45. The second-order valence-corrected chi connectivity index (χ2v) is 7.93. The highest BCUT2D eigenvalue weighted by Gasteiger charge is 2.39. The maximum Gasteiger partial charge on any atom is 0.419 e. The Labute approximate surface area is 177 Å². The van der Waals surface area contributed by atoms with E-state index >= 15 is 4.39 Å². The molecule has 1 fully saturated rings. The number of benzene rings is 2. The quantitative estimate of drug-likeness (QED) is 0.436. The van der Waals surface area contributed by atoms with E-state index in [9.17, 15) is 22.4 Å². The third-order valence-corrected chi connectivity index (χ3v) is 5.48. The number of halogens is 5. The van der Waals surface area contributed by atoms with Gasteiger partial charge in [0.15, 0.2) is 0 Å². The maximum absolute atomic E-state index is 15.5. The van der Waals surface area contributed by atoms with Crippen molar-refractivity contribution in [1.29, 1.82) is 0 Å². The highest BCUT2D eigenvalue weighted by atomic mass is 19.4. The molecule has 3 nitrogen and oxygen atoms in total. The van der Waals surface area contributed by atoms with E-state index in [4.69, 9.17) is 10.5 Å². The molecule has 1 aliphatic carbocycles. The first-order valence-corrected chi connectivity index (χ1v) is 10.1. The Morgan fingerprint density at radius 2 is 1.71 bits per heavy atom. The fourth-order valence-electron chi connectivity index (χ4n) is 3.95. The van der Waals surface area contributed by atoms with Crippen LogP contribution in [0.5, 0.6) is 0 Å². The van der Waals surface area contributed by atoms with Gasteiger partial charge in [-0.1, -0.05) is 12.1 Å². The third-order valence-electron chi connectivity index (χ3n) is 5.48. The Morgan fingerprint density at radius 1 is 1.13 bits per heavy atom. The largest absolute Gasteiger partial charge is 0.466 e. The van der Waals surface area contributed by atoms with Crippen molar-refractivity contribution in [1.82, 2.24) is 0 Å². The molecule has 0 spiro atoms. The maximum atomic E-state index is 15.5. The van der Waals surface area contributed by atoms with Crippen molar-refractivity contribution >= 4 is 5.97 Å². The molecule has 0 aromatic heterocycles. The Balaban J connectivity index is 2.21. The van der Waals surface area contributed by atoms with Crippen LogP contribution in [-0.2, 0) is 15.7 Å². The van der Waals surface area contributed by atoms with Crippen molar-refractivity contribution in [2.24, 2.45) is 5.73 Å². The zero-order valence-corrected chi connectivity index (χ0v) is 17.5. The minimum Gasteiger partial charge on any atom is -0.466 e. The topological polar surface area (TPSA) is 52.3 Å². The normalized spacial score (nSPS) is 15.1. The molecule has 1 saturated carbocycles. The Kier molecular flexibility index (Phi) is 6.41. The van der Waals surface area contributed by atoms with E-state index in [-0.39, 0.29) is 17.7 Å². The van der Waals surface area contributed by atoms with Crippen LogP contribution in [-0.4, -0.2) is 12.6 Å². The summed E-state index contributed by atoms with van der Waals surface area (Å²) in [5.41, 5.74) is 5.30. The number of nitrogens with two attached hydrogens (primary N) is 1. The summed E-state index contributed by atoms with van der Waals surface area (Å²) in [6.07, 6.45) is -3.65. The van der Waals surface area contributed by atoms with Crippen LogP contribution in [0.3, 0.4) is 0 Å². The lowest BCUT2D eigenvalue weighted by Crippen LogP contribution is -2.22. The number of ether oxygens (including phenoxy) is 1. The molecule has 2 N–H and O–H groups in total. The molecule has 0 bridgehead atoms. The zero-order valence-electron chi connectivity index (χ0n) is 17.5. The van der Waals surface area contributed by atoms with Gasteiger partial charge >= 0.3 is 12.1 Å². The molecule has 168 valence electrons. The average molecular weight is 441 g/mol. The summed E-state index contributed by atoms with van der Waals surface area (Å²) in [7, 11) is 0. The number of hydrogen-bond acceptors (Lipinski definition) is 3. The van der Waals surface area contributed by atoms with E-state index in [0.29, 0.717) is 23.1 Å². The van der Waals surface area contributed by atoms with Gasteiger partial charge in [-0.3, -0.25) is 4.79 Å². The van der Waals surface area contributed by atoms with Gasteiger partial charge in [-0.15, -0.1) is 0 Å². The van der Waals surface area contributed by atoms with Crippen LogP contribution in [0.1, 0.15) is 66.0 Å². The summed E-state index contributed by atoms with van der Waals surface area (Å²) >= 11 is 0. The monoisotopic (exact) mass is 441 g/mol. The van der Waals surface area contributed by atoms with E-state index in [1.807, 2.05) is 12.1 Å². The molecule has 0 amide bonds. The van der Waals surface area contributed by atoms with Crippen LogP contribution < -0.4 is 5.73 Å². The van der Waals surface area contributed by atoms with E-state index in [0.717, 1.165) is 18.4 Å². The van der Waals surface area contributed by atoms with E-state index < -0.39 is 47.4 Å². The lowest BCUT2D eigenvalue weighted by Gasteiger charge is -2.21. The molecule has 0 radical (unpaired) electrons. The van der Waals surface area contributed by atoms with Crippen LogP contribution in [0, 0.1) is 25.5 Å². The molecule has 0 saturated heterocycles. The first-order chi connectivity index (χ1) is 14.5. The van der Waals surface area contributed by atoms with Gasteiger partial charge in [0, 0.05) is 17.2 Å². The molecule has 0 heterocycles. The molecule has 2 aromatic rings. The summed E-state index contributed by atoms with van der Waals surface area (Å²) in [6.45, 7) is 4.91. The lowest BCUT2D eigenvalue weighted by atomic mass is 9.88. The van der Waals surface area contributed by atoms with Crippen LogP contribution in [0.4, 0.5) is 22.0 Å². The molecule has 0 aliphatic heterocycles. The molecule has 8 heteroatoms. The summed E-state index contributed by atoms with van der Waals surface area (Å²) in [4.78, 5) is 11.7.